The molecule has 0 aliphatic carbocycles. The molecule has 0 aromatic rings. The van der Waals surface area contributed by atoms with Crippen LogP contribution >= 0.6 is 0 Å². The third-order valence-electron chi connectivity index (χ3n) is 9.81. The van der Waals surface area contributed by atoms with Crippen molar-refractivity contribution in [2.75, 3.05) is 41.3 Å². The lowest BCUT2D eigenvalue weighted by molar-refractivity contribution is -0.915. The Morgan fingerprint density at radius 2 is 0.595 bits per heavy atom. The Balaban J connectivity index is 3.83. The second kappa shape index (κ2) is 23.8. The summed E-state index contributed by atoms with van der Waals surface area (Å²) in [6, 6.07) is 1.60. The first-order chi connectivity index (χ1) is 17.7. The Labute approximate surface area is 237 Å². The predicted molar refractivity (Wildman–Crippen MR) is 170 cm³/mol. The van der Waals surface area contributed by atoms with E-state index >= 15 is 0 Å². The lowest BCUT2D eigenvalue weighted by Crippen LogP contribution is -2.48. The molecule has 2 atom stereocenters. The van der Waals surface area contributed by atoms with Crippen LogP contribution in [0.25, 0.3) is 0 Å². The second-order valence-corrected chi connectivity index (χ2v) is 14.0. The Hall–Kier alpha value is -0.0800. The Bertz CT molecular complexity index is 428. The van der Waals surface area contributed by atoms with Gasteiger partial charge in [-0.05, 0) is 58.8 Å². The van der Waals surface area contributed by atoms with Crippen molar-refractivity contribution in [3.8, 4) is 0 Å². The fourth-order valence-electron chi connectivity index (χ4n) is 5.86. The zero-order valence-electron chi connectivity index (χ0n) is 27.7. The standard InChI is InChI=1S/C35H76N2/c1-9-11-13-15-17-19-21-23-26-30-34(3)36(5,6)32-28-25-29-33-37(7,8)35(4)31-27-24-22-20-18-16-14-12-10-2/h34-35H,9-33H2,1-8H3/q+2. The molecule has 224 valence electrons. The summed E-state index contributed by atoms with van der Waals surface area (Å²) in [5, 5.41) is 0. The molecule has 0 heterocycles. The molecule has 0 rings (SSSR count). The van der Waals surface area contributed by atoms with Crippen molar-refractivity contribution < 1.29 is 8.97 Å². The SMILES string of the molecule is CCCCCCCCCCCC(C)[N+](C)(C)CCCCC[N+](C)(C)C(C)CCCCCCCCCCC. The molecule has 0 bridgehead atoms. The molecule has 0 aromatic carbocycles. The highest BCUT2D eigenvalue weighted by molar-refractivity contribution is 4.57. The zero-order chi connectivity index (χ0) is 27.8. The average molecular weight is 525 g/mol. The van der Waals surface area contributed by atoms with Crippen LogP contribution < -0.4 is 0 Å². The quantitative estimate of drug-likeness (QED) is 0.0705. The van der Waals surface area contributed by atoms with Crippen molar-refractivity contribution in [1.29, 1.82) is 0 Å². The van der Waals surface area contributed by atoms with Crippen LogP contribution in [0.15, 0.2) is 0 Å². The van der Waals surface area contributed by atoms with E-state index in [2.05, 4.69) is 55.9 Å². The molecule has 0 fully saturated rings. The van der Waals surface area contributed by atoms with Crippen LogP contribution in [0, 0.1) is 0 Å². The molecule has 0 aliphatic rings. The minimum Gasteiger partial charge on any atom is -0.326 e. The Kier molecular flexibility index (Phi) is 23.7. The summed E-state index contributed by atoms with van der Waals surface area (Å²) in [5.41, 5.74) is 0. The second-order valence-electron chi connectivity index (χ2n) is 14.0. The zero-order valence-corrected chi connectivity index (χ0v) is 27.7. The van der Waals surface area contributed by atoms with Gasteiger partial charge in [-0.15, -0.1) is 0 Å². The van der Waals surface area contributed by atoms with Gasteiger partial charge in [0.2, 0.25) is 0 Å². The fourth-order valence-corrected chi connectivity index (χ4v) is 5.86. The van der Waals surface area contributed by atoms with Crippen LogP contribution in [-0.4, -0.2) is 62.3 Å². The maximum atomic E-state index is 2.50. The van der Waals surface area contributed by atoms with Gasteiger partial charge < -0.3 is 8.97 Å². The molecular formula is C35H76N2+2. The topological polar surface area (TPSA) is 0 Å². The minimum atomic E-state index is 0.799. The molecule has 0 radical (unpaired) electrons. The summed E-state index contributed by atoms with van der Waals surface area (Å²) in [6.07, 6.45) is 32.9. The van der Waals surface area contributed by atoms with Gasteiger partial charge in [0.05, 0.1) is 53.4 Å². The maximum Gasteiger partial charge on any atom is 0.0857 e. The largest absolute Gasteiger partial charge is 0.326 e. The maximum absolute atomic E-state index is 2.50. The first-order valence-corrected chi connectivity index (χ1v) is 17.3. The summed E-state index contributed by atoms with van der Waals surface area (Å²) < 4.78 is 2.43. The molecule has 0 saturated carbocycles. The van der Waals surface area contributed by atoms with E-state index < -0.39 is 0 Å². The van der Waals surface area contributed by atoms with E-state index in [1.54, 1.807) is 0 Å². The summed E-state index contributed by atoms with van der Waals surface area (Å²) in [4.78, 5) is 0. The van der Waals surface area contributed by atoms with E-state index in [4.69, 9.17) is 0 Å². The van der Waals surface area contributed by atoms with Gasteiger partial charge in [0.15, 0.2) is 0 Å². The molecule has 0 aromatic heterocycles. The van der Waals surface area contributed by atoms with Crippen molar-refractivity contribution in [1.82, 2.24) is 0 Å². The van der Waals surface area contributed by atoms with Gasteiger partial charge in [-0.25, -0.2) is 0 Å². The molecule has 0 amide bonds. The van der Waals surface area contributed by atoms with Gasteiger partial charge in [-0.2, -0.15) is 0 Å². The van der Waals surface area contributed by atoms with E-state index in [-0.39, 0.29) is 0 Å². The van der Waals surface area contributed by atoms with Gasteiger partial charge in [-0.3, -0.25) is 0 Å². The van der Waals surface area contributed by atoms with Crippen LogP contribution in [0.1, 0.15) is 175 Å². The number of unbranched alkanes of at least 4 members (excludes halogenated alkanes) is 18. The summed E-state index contributed by atoms with van der Waals surface area (Å²) in [7, 11) is 9.91. The van der Waals surface area contributed by atoms with Crippen LogP contribution in [-0.2, 0) is 0 Å². The molecule has 0 N–H and O–H groups in total. The number of hydrogen-bond acceptors (Lipinski definition) is 0. The highest BCUT2D eigenvalue weighted by Crippen LogP contribution is 2.20. The van der Waals surface area contributed by atoms with Crippen LogP contribution in [0.4, 0.5) is 0 Å². The van der Waals surface area contributed by atoms with Gasteiger partial charge in [0.1, 0.15) is 0 Å². The minimum absolute atomic E-state index is 0.799. The van der Waals surface area contributed by atoms with Gasteiger partial charge in [0.25, 0.3) is 0 Å². The first-order valence-electron chi connectivity index (χ1n) is 17.3. The molecule has 0 saturated heterocycles. The van der Waals surface area contributed by atoms with Crippen LogP contribution in [0.5, 0.6) is 0 Å². The lowest BCUT2D eigenvalue weighted by Gasteiger charge is -2.37. The van der Waals surface area contributed by atoms with Crippen molar-refractivity contribution in [2.24, 2.45) is 0 Å². The summed E-state index contributed by atoms with van der Waals surface area (Å²) in [5.74, 6) is 0. The Morgan fingerprint density at radius 3 is 0.892 bits per heavy atom. The first kappa shape index (κ1) is 36.9. The van der Waals surface area contributed by atoms with Crippen molar-refractivity contribution in [3.63, 3.8) is 0 Å². The highest BCUT2D eigenvalue weighted by Gasteiger charge is 2.25. The smallest absolute Gasteiger partial charge is 0.0857 e. The van der Waals surface area contributed by atoms with E-state index in [9.17, 15) is 0 Å². The van der Waals surface area contributed by atoms with Gasteiger partial charge >= 0.3 is 0 Å². The van der Waals surface area contributed by atoms with Gasteiger partial charge in [0, 0.05) is 0 Å². The average Bonchev–Trinajstić information content (AvgIpc) is 2.86. The molecule has 0 aliphatic heterocycles. The van der Waals surface area contributed by atoms with Crippen LogP contribution in [0.2, 0.25) is 0 Å². The predicted octanol–water partition coefficient (Wildman–Crippen LogP) is 10.9. The Morgan fingerprint density at radius 1 is 0.351 bits per heavy atom. The third-order valence-corrected chi connectivity index (χ3v) is 9.81. The van der Waals surface area contributed by atoms with E-state index in [1.807, 2.05) is 0 Å². The molecular weight excluding hydrogens is 448 g/mol. The lowest BCUT2D eigenvalue weighted by atomic mass is 10.0. The summed E-state index contributed by atoms with van der Waals surface area (Å²) in [6.45, 7) is 12.3. The summed E-state index contributed by atoms with van der Waals surface area (Å²) >= 11 is 0. The normalized spacial score (nSPS) is 14.3. The number of quaternary nitrogens is 2. The molecule has 2 unspecified atom stereocenters. The monoisotopic (exact) mass is 525 g/mol. The van der Waals surface area contributed by atoms with E-state index in [0.29, 0.717) is 0 Å². The van der Waals surface area contributed by atoms with Gasteiger partial charge in [-0.1, -0.05) is 117 Å². The highest BCUT2D eigenvalue weighted by atomic mass is 15.3. The molecule has 2 heteroatoms. The third kappa shape index (κ3) is 21.4. The number of nitrogens with zero attached hydrogens (tertiary/aromatic N) is 2. The van der Waals surface area contributed by atoms with E-state index in [0.717, 1.165) is 12.1 Å². The molecule has 2 nitrogen and oxygen atoms in total. The molecule has 37 heavy (non-hydrogen) atoms. The van der Waals surface area contributed by atoms with Crippen molar-refractivity contribution >= 4 is 0 Å². The van der Waals surface area contributed by atoms with Crippen LogP contribution in [0.3, 0.4) is 0 Å². The van der Waals surface area contributed by atoms with E-state index in [1.165, 1.54) is 170 Å². The van der Waals surface area contributed by atoms with Crippen molar-refractivity contribution in [3.05, 3.63) is 0 Å². The number of hydrogen-bond donors (Lipinski definition) is 0. The molecule has 0 spiro atoms. The fraction of sp³-hybridized carbons (Fsp3) is 1.00. The van der Waals surface area contributed by atoms with Crippen molar-refractivity contribution in [2.45, 2.75) is 187 Å². The number of rotatable bonds is 28.